The number of anilines is 1. The number of nitrogens with zero attached hydrogens (tertiary/aromatic N) is 5. The molecule has 34 heavy (non-hydrogen) atoms. The number of amides is 1. The number of rotatable bonds is 7. The summed E-state index contributed by atoms with van der Waals surface area (Å²) in [5.41, 5.74) is 3.89. The lowest BCUT2D eigenvalue weighted by Crippen LogP contribution is -2.13. The third kappa shape index (κ3) is 4.96. The number of carbonyl (C=O) groups is 1. The summed E-state index contributed by atoms with van der Waals surface area (Å²) in [5.74, 6) is -0.709. The van der Waals surface area contributed by atoms with Crippen molar-refractivity contribution in [1.82, 2.24) is 19.6 Å². The molecule has 0 aliphatic heterocycles. The number of benzene rings is 2. The molecular weight excluding hydrogens is 463 g/mol. The Kier molecular flexibility index (Phi) is 6.42. The molecule has 0 aliphatic rings. The molecule has 0 saturated carbocycles. The Hall–Kier alpha value is -4.05. The molecule has 0 atom stereocenters. The molecule has 2 aromatic heterocycles. The van der Waals surface area contributed by atoms with Crippen molar-refractivity contribution in [2.75, 3.05) is 5.32 Å². The number of halogens is 2. The van der Waals surface area contributed by atoms with Crippen LogP contribution in [-0.2, 0) is 13.1 Å². The highest BCUT2D eigenvalue weighted by molar-refractivity contribution is 6.31. The van der Waals surface area contributed by atoms with Crippen LogP contribution in [-0.4, -0.2) is 30.4 Å². The molecule has 11 heteroatoms. The van der Waals surface area contributed by atoms with Gasteiger partial charge >= 0.3 is 5.69 Å². The summed E-state index contributed by atoms with van der Waals surface area (Å²) in [6, 6.07) is 11.1. The molecular formula is C23H20ClFN6O3. The van der Waals surface area contributed by atoms with Crippen molar-refractivity contribution >= 4 is 28.9 Å². The monoisotopic (exact) mass is 482 g/mol. The van der Waals surface area contributed by atoms with Crippen molar-refractivity contribution in [2.45, 2.75) is 26.9 Å². The van der Waals surface area contributed by atoms with Crippen LogP contribution in [0, 0.1) is 29.8 Å². The molecule has 174 valence electrons. The van der Waals surface area contributed by atoms with Gasteiger partial charge in [0.25, 0.3) is 5.91 Å². The average Bonchev–Trinajstić information content (AvgIpc) is 3.36. The van der Waals surface area contributed by atoms with E-state index < -0.39 is 10.7 Å². The number of nitro groups is 1. The lowest BCUT2D eigenvalue weighted by atomic mass is 10.1. The maximum atomic E-state index is 13.3. The number of carbonyl (C=O) groups excluding carboxylic acids is 1. The van der Waals surface area contributed by atoms with E-state index in [1.165, 1.54) is 29.2 Å². The molecule has 9 nitrogen and oxygen atoms in total. The molecule has 4 rings (SSSR count). The van der Waals surface area contributed by atoms with E-state index in [0.717, 1.165) is 11.3 Å². The van der Waals surface area contributed by atoms with Crippen LogP contribution in [0.25, 0.3) is 0 Å². The highest BCUT2D eigenvalue weighted by Gasteiger charge is 2.17. The van der Waals surface area contributed by atoms with Crippen LogP contribution in [0.3, 0.4) is 0 Å². The van der Waals surface area contributed by atoms with Gasteiger partial charge in [0.2, 0.25) is 0 Å². The predicted molar refractivity (Wildman–Crippen MR) is 125 cm³/mol. The van der Waals surface area contributed by atoms with Crippen molar-refractivity contribution in [3.8, 4) is 0 Å². The van der Waals surface area contributed by atoms with E-state index in [9.17, 15) is 19.3 Å². The molecule has 0 unspecified atom stereocenters. The van der Waals surface area contributed by atoms with Crippen LogP contribution in [0.1, 0.15) is 32.9 Å². The summed E-state index contributed by atoms with van der Waals surface area (Å²) >= 11 is 6.14. The van der Waals surface area contributed by atoms with Gasteiger partial charge in [-0.25, -0.2) is 4.39 Å². The van der Waals surface area contributed by atoms with Gasteiger partial charge in [0, 0.05) is 10.6 Å². The van der Waals surface area contributed by atoms with Crippen molar-refractivity contribution in [2.24, 2.45) is 0 Å². The molecule has 0 radical (unpaired) electrons. The molecule has 0 fully saturated rings. The third-order valence-corrected chi connectivity index (χ3v) is 5.70. The minimum absolute atomic E-state index is 0.0796. The molecule has 0 spiro atoms. The summed E-state index contributed by atoms with van der Waals surface area (Å²) in [7, 11) is 0. The van der Waals surface area contributed by atoms with E-state index in [1.807, 2.05) is 6.92 Å². The minimum atomic E-state index is -0.503. The van der Waals surface area contributed by atoms with Crippen LogP contribution in [0.4, 0.5) is 15.8 Å². The Labute approximate surface area is 198 Å². The first-order chi connectivity index (χ1) is 16.2. The average molecular weight is 483 g/mol. The Bertz CT molecular complexity index is 1380. The Morgan fingerprint density at radius 2 is 1.91 bits per heavy atom. The topological polar surface area (TPSA) is 108 Å². The summed E-state index contributed by atoms with van der Waals surface area (Å²) in [6.07, 6.45) is 2.54. The zero-order chi connectivity index (χ0) is 24.4. The van der Waals surface area contributed by atoms with Crippen LogP contribution < -0.4 is 5.32 Å². The standard InChI is InChI=1S/C23H20ClFN6O3/c1-14-22(15(2)30(28-14)12-18-7-8-19(25)9-21(18)24)27-23(32)17-5-3-16(4-6-17)11-29-13-20(10-26-29)31(33)34/h3-10,13H,11-12H2,1-2H3,(H,27,32). The number of nitrogens with one attached hydrogen (secondary N) is 1. The van der Waals surface area contributed by atoms with Crippen molar-refractivity contribution in [1.29, 1.82) is 0 Å². The number of hydrogen-bond donors (Lipinski definition) is 1. The molecule has 4 aromatic rings. The molecule has 1 N–H and O–H groups in total. The first-order valence-corrected chi connectivity index (χ1v) is 10.6. The molecule has 1 amide bonds. The van der Waals surface area contributed by atoms with Gasteiger partial charge in [-0.1, -0.05) is 29.8 Å². The maximum absolute atomic E-state index is 13.3. The molecule has 2 aromatic carbocycles. The van der Waals surface area contributed by atoms with Crippen LogP contribution >= 0.6 is 11.6 Å². The van der Waals surface area contributed by atoms with Gasteiger partial charge in [-0.3, -0.25) is 24.3 Å². The highest BCUT2D eigenvalue weighted by Crippen LogP contribution is 2.24. The summed E-state index contributed by atoms with van der Waals surface area (Å²) in [6.45, 7) is 4.30. The van der Waals surface area contributed by atoms with Crippen molar-refractivity contribution in [3.63, 3.8) is 0 Å². The van der Waals surface area contributed by atoms with Crippen molar-refractivity contribution < 1.29 is 14.1 Å². The van der Waals surface area contributed by atoms with Crippen LogP contribution in [0.2, 0.25) is 5.02 Å². The van der Waals surface area contributed by atoms with Gasteiger partial charge in [-0.15, -0.1) is 0 Å². The quantitative estimate of drug-likeness (QED) is 0.302. The van der Waals surface area contributed by atoms with E-state index >= 15 is 0 Å². The zero-order valence-corrected chi connectivity index (χ0v) is 19.1. The number of aryl methyl sites for hydroxylation is 1. The van der Waals surface area contributed by atoms with Crippen molar-refractivity contribution in [3.05, 3.63) is 104 Å². The fourth-order valence-electron chi connectivity index (χ4n) is 3.51. The molecule has 0 aliphatic carbocycles. The lowest BCUT2D eigenvalue weighted by Gasteiger charge is -2.09. The summed E-state index contributed by atoms with van der Waals surface area (Å²) in [4.78, 5) is 23.1. The van der Waals surface area contributed by atoms with Gasteiger partial charge in [0.1, 0.15) is 18.2 Å². The largest absolute Gasteiger partial charge is 0.319 e. The SMILES string of the molecule is Cc1nn(Cc2ccc(F)cc2Cl)c(C)c1NC(=O)c1ccc(Cn2cc([N+](=O)[O-])cn2)cc1. The fraction of sp³-hybridized carbons (Fsp3) is 0.174. The minimum Gasteiger partial charge on any atom is -0.319 e. The number of hydrogen-bond acceptors (Lipinski definition) is 5. The Balaban J connectivity index is 1.45. The molecule has 0 saturated heterocycles. The van der Waals surface area contributed by atoms with E-state index in [1.54, 1.807) is 41.9 Å². The van der Waals surface area contributed by atoms with E-state index in [0.29, 0.717) is 40.6 Å². The van der Waals surface area contributed by atoms with Gasteiger partial charge in [-0.2, -0.15) is 10.2 Å². The Morgan fingerprint density at radius 3 is 2.56 bits per heavy atom. The van der Waals surface area contributed by atoms with Crippen LogP contribution in [0.15, 0.2) is 54.9 Å². The molecule has 0 bridgehead atoms. The van der Waals surface area contributed by atoms with Gasteiger partial charge < -0.3 is 5.32 Å². The second kappa shape index (κ2) is 9.44. The van der Waals surface area contributed by atoms with E-state index in [4.69, 9.17) is 11.6 Å². The molecule has 2 heterocycles. The van der Waals surface area contributed by atoms with Gasteiger partial charge in [0.15, 0.2) is 0 Å². The van der Waals surface area contributed by atoms with E-state index in [-0.39, 0.29) is 11.6 Å². The predicted octanol–water partition coefficient (Wildman–Crippen LogP) is 4.75. The zero-order valence-electron chi connectivity index (χ0n) is 18.3. The first kappa shape index (κ1) is 23.1. The van der Waals surface area contributed by atoms with Gasteiger partial charge in [0.05, 0.1) is 35.1 Å². The highest BCUT2D eigenvalue weighted by atomic mass is 35.5. The summed E-state index contributed by atoms with van der Waals surface area (Å²) in [5, 5.41) is 22.4. The Morgan fingerprint density at radius 1 is 1.18 bits per heavy atom. The van der Waals surface area contributed by atoms with Gasteiger partial charge in [-0.05, 0) is 49.2 Å². The van der Waals surface area contributed by atoms with Crippen LogP contribution in [0.5, 0.6) is 0 Å². The summed E-state index contributed by atoms with van der Waals surface area (Å²) < 4.78 is 16.5. The second-order valence-electron chi connectivity index (χ2n) is 7.74. The maximum Gasteiger partial charge on any atom is 0.307 e. The smallest absolute Gasteiger partial charge is 0.307 e. The lowest BCUT2D eigenvalue weighted by molar-refractivity contribution is -0.385. The van der Waals surface area contributed by atoms with E-state index in [2.05, 4.69) is 15.5 Å². The number of aromatic nitrogens is 4. The normalized spacial score (nSPS) is 10.9. The third-order valence-electron chi connectivity index (χ3n) is 5.35. The fourth-order valence-corrected chi connectivity index (χ4v) is 3.74. The first-order valence-electron chi connectivity index (χ1n) is 10.3. The second-order valence-corrected chi connectivity index (χ2v) is 8.15.